The van der Waals surface area contributed by atoms with Crippen molar-refractivity contribution in [2.45, 2.75) is 13.5 Å². The van der Waals surface area contributed by atoms with E-state index in [1.165, 1.54) is 12.1 Å². The average molecular weight is 526 g/mol. The maximum absolute atomic E-state index is 12.0. The summed E-state index contributed by atoms with van der Waals surface area (Å²) < 4.78 is 1.76. The summed E-state index contributed by atoms with van der Waals surface area (Å²) in [6, 6.07) is 8.01. The van der Waals surface area contributed by atoms with Gasteiger partial charge in [0.05, 0.1) is 18.1 Å². The van der Waals surface area contributed by atoms with Crippen LogP contribution in [-0.2, 0) is 18.4 Å². The summed E-state index contributed by atoms with van der Waals surface area (Å²) in [5.74, 6) is 0.414. The molecule has 0 bridgehead atoms. The number of benzene rings is 1. The molecule has 0 spiro atoms. The van der Waals surface area contributed by atoms with Crippen LogP contribution in [0.5, 0.6) is 5.75 Å². The number of carbonyl (C=O) groups excluding carboxylic acids is 1. The number of phenolic OH excluding ortho intramolecular Hbond substituents is 1. The van der Waals surface area contributed by atoms with Gasteiger partial charge >= 0.3 is 0 Å². The van der Waals surface area contributed by atoms with E-state index in [2.05, 4.69) is 20.9 Å². The second-order valence-electron chi connectivity index (χ2n) is 5.48. The summed E-state index contributed by atoms with van der Waals surface area (Å²) in [4.78, 5) is 16.5. The van der Waals surface area contributed by atoms with Crippen LogP contribution >= 0.6 is 47.2 Å². The summed E-state index contributed by atoms with van der Waals surface area (Å²) in [6.45, 7) is 2.99. The van der Waals surface area contributed by atoms with Crippen molar-refractivity contribution in [1.82, 2.24) is 15.2 Å². The Labute approximate surface area is 185 Å². The molecule has 0 fully saturated rings. The Morgan fingerprint density at radius 3 is 2.44 bits per heavy atom. The molecule has 0 saturated carbocycles. The number of halogens is 3. The number of nitrogens with zero attached hydrogens (tertiary/aromatic N) is 2. The lowest BCUT2D eigenvalue weighted by molar-refractivity contribution is -0.115. The predicted octanol–water partition coefficient (Wildman–Crippen LogP) is 3.35. The van der Waals surface area contributed by atoms with E-state index in [1.54, 1.807) is 22.8 Å². The zero-order valence-electron chi connectivity index (χ0n) is 14.9. The molecule has 7 nitrogen and oxygen atoms in total. The smallest absolute Gasteiger partial charge is 0.243 e. The Morgan fingerprint density at radius 2 is 1.89 bits per heavy atom. The first-order valence-electron chi connectivity index (χ1n) is 8.01. The Balaban J connectivity index is 0.00000364. The lowest BCUT2D eigenvalue weighted by Gasteiger charge is -2.12. The molecular formula is C17H22Cl2IN5O2. The fourth-order valence-electron chi connectivity index (χ4n) is 2.16. The van der Waals surface area contributed by atoms with Crippen LogP contribution in [0.25, 0.3) is 0 Å². The third-order valence-electron chi connectivity index (χ3n) is 3.53. The number of hydrogen-bond acceptors (Lipinski definition) is 3. The molecule has 10 heteroatoms. The molecule has 1 aromatic carbocycles. The number of amides is 1. The van der Waals surface area contributed by atoms with Crippen LogP contribution in [0.3, 0.4) is 0 Å². The monoisotopic (exact) mass is 525 g/mol. The van der Waals surface area contributed by atoms with Crippen molar-refractivity contribution >= 4 is 64.7 Å². The van der Waals surface area contributed by atoms with Crippen molar-refractivity contribution in [1.29, 1.82) is 0 Å². The highest BCUT2D eigenvalue weighted by Crippen LogP contribution is 2.25. The molecule has 0 aliphatic heterocycles. The number of anilines is 1. The maximum atomic E-state index is 12.0. The van der Waals surface area contributed by atoms with Crippen LogP contribution in [0.1, 0.15) is 12.6 Å². The number of rotatable bonds is 6. The Bertz CT molecular complexity index is 793. The fourth-order valence-corrected chi connectivity index (χ4v) is 2.57. The van der Waals surface area contributed by atoms with E-state index in [0.717, 1.165) is 5.69 Å². The van der Waals surface area contributed by atoms with Gasteiger partial charge in [-0.2, -0.15) is 0 Å². The van der Waals surface area contributed by atoms with E-state index in [1.807, 2.05) is 14.0 Å². The van der Waals surface area contributed by atoms with E-state index < -0.39 is 0 Å². The van der Waals surface area contributed by atoms with E-state index in [-0.39, 0.29) is 42.2 Å². The van der Waals surface area contributed by atoms with E-state index >= 15 is 0 Å². The second-order valence-corrected chi connectivity index (χ2v) is 6.24. The number of aromatic hydroxyl groups is 1. The van der Waals surface area contributed by atoms with Gasteiger partial charge in [-0.3, -0.25) is 4.79 Å². The van der Waals surface area contributed by atoms with Gasteiger partial charge in [0.1, 0.15) is 10.9 Å². The normalized spacial score (nSPS) is 10.9. The predicted molar refractivity (Wildman–Crippen MR) is 120 cm³/mol. The van der Waals surface area contributed by atoms with Gasteiger partial charge in [0.15, 0.2) is 5.96 Å². The lowest BCUT2D eigenvalue weighted by atomic mass is 10.3. The third kappa shape index (κ3) is 7.11. The lowest BCUT2D eigenvalue weighted by Crippen LogP contribution is -2.41. The van der Waals surface area contributed by atoms with Crippen LogP contribution in [0.4, 0.5) is 5.69 Å². The van der Waals surface area contributed by atoms with Gasteiger partial charge in [0.25, 0.3) is 0 Å². The number of carbonyl (C=O) groups is 1. The quantitative estimate of drug-likeness (QED) is 0.201. The molecule has 1 heterocycles. The summed E-state index contributed by atoms with van der Waals surface area (Å²) >= 11 is 12.0. The molecule has 0 atom stereocenters. The highest BCUT2D eigenvalue weighted by atomic mass is 127. The molecular weight excluding hydrogens is 504 g/mol. The maximum Gasteiger partial charge on any atom is 0.243 e. The molecule has 4 N–H and O–H groups in total. The number of hydrogen-bond donors (Lipinski definition) is 4. The first-order chi connectivity index (χ1) is 12.4. The van der Waals surface area contributed by atoms with Gasteiger partial charge < -0.3 is 25.6 Å². The molecule has 0 radical (unpaired) electrons. The number of phenols is 1. The van der Waals surface area contributed by atoms with Gasteiger partial charge in [0.2, 0.25) is 5.91 Å². The van der Waals surface area contributed by atoms with Crippen molar-refractivity contribution in [3.8, 4) is 5.75 Å². The first-order valence-corrected chi connectivity index (χ1v) is 8.77. The van der Waals surface area contributed by atoms with Gasteiger partial charge in [-0.1, -0.05) is 23.2 Å². The number of nitrogens with one attached hydrogen (secondary N) is 3. The van der Waals surface area contributed by atoms with Gasteiger partial charge in [-0.15, -0.1) is 24.0 Å². The Morgan fingerprint density at radius 1 is 1.22 bits per heavy atom. The van der Waals surface area contributed by atoms with Crippen LogP contribution < -0.4 is 16.0 Å². The minimum absolute atomic E-state index is 0. The van der Waals surface area contributed by atoms with E-state index in [4.69, 9.17) is 23.2 Å². The first kappa shape index (κ1) is 23.4. The highest BCUT2D eigenvalue weighted by molar-refractivity contribution is 14.0. The molecule has 1 amide bonds. The Hall–Kier alpha value is -1.65. The SMILES string of the molecule is CCNC(=NCc1cc(Cl)c(Cl)n1C)NCC(=O)Nc1ccc(O)cc1.I. The molecule has 2 rings (SSSR count). The van der Waals surface area contributed by atoms with Gasteiger partial charge in [-0.25, -0.2) is 4.99 Å². The van der Waals surface area contributed by atoms with E-state index in [0.29, 0.717) is 34.9 Å². The van der Waals surface area contributed by atoms with Crippen molar-refractivity contribution in [3.05, 3.63) is 46.2 Å². The number of aliphatic imine (C=N–C) groups is 1. The summed E-state index contributed by atoms with van der Waals surface area (Å²) in [6.07, 6.45) is 0. The fraction of sp³-hybridized carbons (Fsp3) is 0.294. The summed E-state index contributed by atoms with van der Waals surface area (Å²) in [5, 5.41) is 19.0. The van der Waals surface area contributed by atoms with Crippen molar-refractivity contribution < 1.29 is 9.90 Å². The molecule has 0 saturated heterocycles. The standard InChI is InChI=1S/C17H21Cl2N5O2.HI/c1-3-20-17(21-9-12-8-14(18)16(19)24(12)2)22-10-15(26)23-11-4-6-13(25)7-5-11;/h4-8,25H,3,9-10H2,1-2H3,(H,23,26)(H2,20,21,22);1H. The van der Waals surface area contributed by atoms with Crippen molar-refractivity contribution in [2.75, 3.05) is 18.4 Å². The zero-order valence-corrected chi connectivity index (χ0v) is 18.8. The van der Waals surface area contributed by atoms with Crippen molar-refractivity contribution in [3.63, 3.8) is 0 Å². The molecule has 2 aromatic rings. The summed E-state index contributed by atoms with van der Waals surface area (Å²) in [7, 11) is 1.81. The largest absolute Gasteiger partial charge is 0.508 e. The second kappa shape index (κ2) is 11.3. The zero-order chi connectivity index (χ0) is 19.1. The summed E-state index contributed by atoms with van der Waals surface area (Å²) in [5.41, 5.74) is 1.45. The molecule has 27 heavy (non-hydrogen) atoms. The molecule has 0 unspecified atom stereocenters. The molecule has 1 aromatic heterocycles. The topological polar surface area (TPSA) is 90.7 Å². The highest BCUT2D eigenvalue weighted by Gasteiger charge is 2.09. The van der Waals surface area contributed by atoms with Crippen LogP contribution in [0.15, 0.2) is 35.3 Å². The third-order valence-corrected chi connectivity index (χ3v) is 4.37. The minimum atomic E-state index is -0.230. The van der Waals surface area contributed by atoms with E-state index in [9.17, 15) is 9.90 Å². The number of guanidine groups is 1. The minimum Gasteiger partial charge on any atom is -0.508 e. The van der Waals surface area contributed by atoms with Crippen LogP contribution in [0, 0.1) is 0 Å². The molecule has 0 aliphatic carbocycles. The van der Waals surface area contributed by atoms with Crippen molar-refractivity contribution in [2.24, 2.45) is 12.0 Å². The van der Waals surface area contributed by atoms with Gasteiger partial charge in [-0.05, 0) is 37.3 Å². The van der Waals surface area contributed by atoms with Crippen LogP contribution in [0.2, 0.25) is 10.2 Å². The van der Waals surface area contributed by atoms with Gasteiger partial charge in [0, 0.05) is 25.0 Å². The number of aromatic nitrogens is 1. The molecule has 148 valence electrons. The van der Waals surface area contributed by atoms with Crippen LogP contribution in [-0.4, -0.2) is 34.6 Å². The molecule has 0 aliphatic rings. The average Bonchev–Trinajstić information content (AvgIpc) is 2.86. The Kier molecular flexibility index (Phi) is 9.75.